The van der Waals surface area contributed by atoms with Gasteiger partial charge in [0.25, 0.3) is 5.56 Å². The Morgan fingerprint density at radius 2 is 2.15 bits per heavy atom. The highest BCUT2D eigenvalue weighted by Crippen LogP contribution is 2.33. The summed E-state index contributed by atoms with van der Waals surface area (Å²) in [5.74, 6) is 2.80. The van der Waals surface area contributed by atoms with Crippen LogP contribution in [0.15, 0.2) is 40.2 Å². The smallest absolute Gasteiger partial charge is 0.252 e. The maximum Gasteiger partial charge on any atom is 0.252 e. The van der Waals surface area contributed by atoms with Crippen LogP contribution in [0.4, 0.5) is 5.82 Å². The third-order valence-electron chi connectivity index (χ3n) is 6.93. The number of thioether (sulfide) groups is 1. The molecule has 3 aliphatic heterocycles. The van der Waals surface area contributed by atoms with E-state index < -0.39 is 0 Å². The van der Waals surface area contributed by atoms with Gasteiger partial charge in [0.15, 0.2) is 5.75 Å². The van der Waals surface area contributed by atoms with Crippen molar-refractivity contribution in [1.29, 1.82) is 0 Å². The van der Waals surface area contributed by atoms with Crippen molar-refractivity contribution in [3.8, 4) is 5.75 Å². The van der Waals surface area contributed by atoms with Crippen LogP contribution in [0, 0.1) is 0 Å². The topological polar surface area (TPSA) is 79.7 Å². The van der Waals surface area contributed by atoms with Crippen LogP contribution in [-0.4, -0.2) is 71.9 Å². The molecule has 1 unspecified atom stereocenters. The fraction of sp³-hybridized carbons (Fsp3) is 0.480. The Balaban J connectivity index is 1.13. The van der Waals surface area contributed by atoms with E-state index in [9.17, 15) is 9.59 Å². The van der Waals surface area contributed by atoms with Crippen molar-refractivity contribution in [2.75, 3.05) is 43.9 Å². The molecule has 8 nitrogen and oxygen atoms in total. The molecular formula is C25H31N5O3S. The normalized spacial score (nSPS) is 20.9. The van der Waals surface area contributed by atoms with Gasteiger partial charge in [-0.2, -0.15) is 0 Å². The minimum absolute atomic E-state index is 0.0104. The molecule has 2 aromatic heterocycles. The summed E-state index contributed by atoms with van der Waals surface area (Å²) in [6.07, 6.45) is 8.06. The van der Waals surface area contributed by atoms with Gasteiger partial charge in [0.2, 0.25) is 0 Å². The predicted octanol–water partition coefficient (Wildman–Crippen LogP) is 2.01. The highest BCUT2D eigenvalue weighted by Gasteiger charge is 2.31. The fourth-order valence-electron chi connectivity index (χ4n) is 5.07. The molecule has 0 amide bonds. The van der Waals surface area contributed by atoms with Crippen molar-refractivity contribution in [2.24, 2.45) is 0 Å². The van der Waals surface area contributed by atoms with Gasteiger partial charge in [-0.05, 0) is 50.2 Å². The lowest BCUT2D eigenvalue weighted by molar-refractivity contribution is -0.104. The molecule has 1 atom stereocenters. The lowest BCUT2D eigenvalue weighted by Crippen LogP contribution is -2.47. The number of carbonyl (C=O) groups is 1. The van der Waals surface area contributed by atoms with Gasteiger partial charge in [0, 0.05) is 50.1 Å². The first-order valence-corrected chi connectivity index (χ1v) is 12.9. The summed E-state index contributed by atoms with van der Waals surface area (Å²) in [6, 6.07) is 6.26. The molecule has 0 saturated carbocycles. The van der Waals surface area contributed by atoms with Gasteiger partial charge >= 0.3 is 0 Å². The first kappa shape index (κ1) is 23.1. The van der Waals surface area contributed by atoms with Gasteiger partial charge in [0.05, 0.1) is 29.4 Å². The van der Waals surface area contributed by atoms with Gasteiger partial charge < -0.3 is 19.9 Å². The third kappa shape index (κ3) is 4.92. The summed E-state index contributed by atoms with van der Waals surface area (Å²) >= 11 is 1.84. The number of ether oxygens (including phenoxy) is 1. The molecular weight excluding hydrogens is 450 g/mol. The Morgan fingerprint density at radius 1 is 1.29 bits per heavy atom. The second kappa shape index (κ2) is 10.3. The zero-order valence-corrected chi connectivity index (χ0v) is 20.3. The summed E-state index contributed by atoms with van der Waals surface area (Å²) in [7, 11) is 2.05. The largest absolute Gasteiger partial charge is 0.490 e. The zero-order valence-electron chi connectivity index (χ0n) is 19.5. The van der Waals surface area contributed by atoms with E-state index in [-0.39, 0.29) is 11.6 Å². The van der Waals surface area contributed by atoms with Gasteiger partial charge in [-0.25, -0.2) is 0 Å². The molecule has 2 aromatic rings. The number of likely N-dealkylation sites (N-methyl/N-ethyl adjacent to an activating group) is 1. The SMILES string of the molecule is CN1c2c(/C=C\C=O)ccc(=O)n2CC1CN1CCC(NCc2cc3c(cn2)OCCS3)CC1. The van der Waals surface area contributed by atoms with E-state index in [1.54, 1.807) is 18.2 Å². The van der Waals surface area contributed by atoms with Crippen LogP contribution in [0.3, 0.4) is 0 Å². The number of piperidine rings is 1. The lowest BCUT2D eigenvalue weighted by atomic mass is 10.0. The number of carbonyl (C=O) groups excluding carboxylic acids is 1. The summed E-state index contributed by atoms with van der Waals surface area (Å²) < 4.78 is 7.48. The van der Waals surface area contributed by atoms with Crippen molar-refractivity contribution in [1.82, 2.24) is 19.8 Å². The summed E-state index contributed by atoms with van der Waals surface area (Å²) in [4.78, 5) is 33.7. The van der Waals surface area contributed by atoms with E-state index >= 15 is 0 Å². The van der Waals surface area contributed by atoms with Gasteiger partial charge in [-0.3, -0.25) is 19.1 Å². The Bertz CT molecular complexity index is 1130. The number of pyridine rings is 2. The summed E-state index contributed by atoms with van der Waals surface area (Å²) in [5.41, 5.74) is 1.98. The fourth-order valence-corrected chi connectivity index (χ4v) is 5.93. The van der Waals surface area contributed by atoms with Crippen LogP contribution < -0.4 is 20.5 Å². The zero-order chi connectivity index (χ0) is 23.5. The Morgan fingerprint density at radius 3 is 2.97 bits per heavy atom. The third-order valence-corrected chi connectivity index (χ3v) is 7.93. The van der Waals surface area contributed by atoms with Crippen molar-refractivity contribution < 1.29 is 9.53 Å². The van der Waals surface area contributed by atoms with Crippen LogP contribution >= 0.6 is 11.8 Å². The maximum absolute atomic E-state index is 12.4. The van der Waals surface area contributed by atoms with Crippen LogP contribution in [0.25, 0.3) is 6.08 Å². The van der Waals surface area contributed by atoms with E-state index in [1.165, 1.54) is 11.0 Å². The molecule has 0 spiro atoms. The number of nitrogens with zero attached hydrogens (tertiary/aromatic N) is 4. The number of hydrogen-bond donors (Lipinski definition) is 1. The molecule has 0 aromatic carbocycles. The lowest BCUT2D eigenvalue weighted by Gasteiger charge is -2.35. The minimum Gasteiger partial charge on any atom is -0.490 e. The number of anilines is 1. The molecule has 0 bridgehead atoms. The van der Waals surface area contributed by atoms with E-state index in [0.29, 0.717) is 12.6 Å². The molecule has 0 radical (unpaired) electrons. The van der Waals surface area contributed by atoms with Gasteiger partial charge in [0.1, 0.15) is 12.1 Å². The number of allylic oxidation sites excluding steroid dienone is 1. The summed E-state index contributed by atoms with van der Waals surface area (Å²) in [5, 5.41) is 3.69. The highest BCUT2D eigenvalue weighted by atomic mass is 32.2. The first-order valence-electron chi connectivity index (χ1n) is 11.9. The number of aromatic nitrogens is 2. The monoisotopic (exact) mass is 481 g/mol. The van der Waals surface area contributed by atoms with Crippen molar-refractivity contribution in [3.05, 3.63) is 52.1 Å². The van der Waals surface area contributed by atoms with Crippen molar-refractivity contribution in [2.45, 2.75) is 42.9 Å². The molecule has 1 fully saturated rings. The summed E-state index contributed by atoms with van der Waals surface area (Å²) in [6.45, 7) is 5.20. The number of fused-ring (bicyclic) bond motifs is 2. The van der Waals surface area contributed by atoms with Crippen molar-refractivity contribution >= 4 is 29.9 Å². The van der Waals surface area contributed by atoms with E-state index in [2.05, 4.69) is 26.2 Å². The number of likely N-dealkylation sites (tertiary alicyclic amines) is 1. The Hall–Kier alpha value is -2.62. The molecule has 5 rings (SSSR count). The van der Waals surface area contributed by atoms with E-state index in [4.69, 9.17) is 4.74 Å². The Labute approximate surface area is 204 Å². The van der Waals surface area contributed by atoms with Crippen LogP contribution in [0.2, 0.25) is 0 Å². The molecule has 3 aliphatic rings. The molecule has 9 heteroatoms. The van der Waals surface area contributed by atoms with Gasteiger partial charge in [-0.15, -0.1) is 11.8 Å². The van der Waals surface area contributed by atoms with Crippen LogP contribution in [0.5, 0.6) is 5.75 Å². The van der Waals surface area contributed by atoms with Crippen LogP contribution in [-0.2, 0) is 17.9 Å². The second-order valence-corrected chi connectivity index (χ2v) is 10.2. The molecule has 34 heavy (non-hydrogen) atoms. The molecule has 1 N–H and O–H groups in total. The molecule has 0 aliphatic carbocycles. The van der Waals surface area contributed by atoms with Gasteiger partial charge in [-0.1, -0.05) is 0 Å². The number of aldehydes is 1. The highest BCUT2D eigenvalue weighted by molar-refractivity contribution is 7.99. The standard InChI is InChI=1S/C25H31N5O3S/c1-28-21(17-30-24(32)5-4-18(25(28)30)3-2-10-31)16-29-8-6-19(7-9-29)26-14-20-13-23-22(15-27-20)33-11-12-34-23/h2-5,10,13,15,19,21,26H,6-9,11-12,14,16-17H2,1H3/b3-2-. The quantitative estimate of drug-likeness (QED) is 0.475. The average Bonchev–Trinajstić information content (AvgIpc) is 3.20. The second-order valence-electron chi connectivity index (χ2n) is 9.10. The Kier molecular flexibility index (Phi) is 7.03. The van der Waals surface area contributed by atoms with Crippen molar-refractivity contribution in [3.63, 3.8) is 0 Å². The van der Waals surface area contributed by atoms with E-state index in [0.717, 1.165) is 80.5 Å². The minimum atomic E-state index is 0.0104. The van der Waals surface area contributed by atoms with E-state index in [1.807, 2.05) is 29.6 Å². The maximum atomic E-state index is 12.4. The predicted molar refractivity (Wildman–Crippen MR) is 135 cm³/mol. The first-order chi connectivity index (χ1) is 16.6. The van der Waals surface area contributed by atoms with Crippen LogP contribution in [0.1, 0.15) is 24.1 Å². The average molecular weight is 482 g/mol. The number of hydrogen-bond acceptors (Lipinski definition) is 8. The number of rotatable bonds is 7. The molecule has 5 heterocycles. The number of nitrogens with one attached hydrogen (secondary N) is 1. The molecule has 180 valence electrons. The molecule has 1 saturated heterocycles.